The number of benzene rings is 1. The summed E-state index contributed by atoms with van der Waals surface area (Å²) in [7, 11) is 1.98. The van der Waals surface area contributed by atoms with Gasteiger partial charge >= 0.3 is 0 Å². The second kappa shape index (κ2) is 6.23. The number of aryl methyl sites for hydroxylation is 3. The number of hydrogen-bond acceptors (Lipinski definition) is 1. The Hall–Kier alpha value is -2.03. The molecule has 0 spiro atoms. The first-order chi connectivity index (χ1) is 9.13. The highest BCUT2D eigenvalue weighted by molar-refractivity contribution is 5.76. The van der Waals surface area contributed by atoms with E-state index in [4.69, 9.17) is 0 Å². The Balaban J connectivity index is 1.75. The van der Waals surface area contributed by atoms with Crippen molar-refractivity contribution in [3.05, 3.63) is 59.4 Å². The molecule has 2 rings (SSSR count). The summed E-state index contributed by atoms with van der Waals surface area (Å²) in [6, 6.07) is 10.3. The summed E-state index contributed by atoms with van der Waals surface area (Å²) in [6.45, 7) is 2.67. The third kappa shape index (κ3) is 4.28. The van der Waals surface area contributed by atoms with Crippen LogP contribution in [0.2, 0.25) is 0 Å². The fraction of sp³-hybridized carbons (Fsp3) is 0.312. The number of rotatable bonds is 5. The summed E-state index contributed by atoms with van der Waals surface area (Å²) in [4.78, 5) is 11.8. The van der Waals surface area contributed by atoms with E-state index in [-0.39, 0.29) is 5.91 Å². The predicted molar refractivity (Wildman–Crippen MR) is 76.8 cm³/mol. The van der Waals surface area contributed by atoms with Crippen molar-refractivity contribution < 1.29 is 4.79 Å². The third-order valence-corrected chi connectivity index (χ3v) is 3.11. The molecule has 0 aliphatic heterocycles. The van der Waals surface area contributed by atoms with Crippen LogP contribution in [0.3, 0.4) is 0 Å². The van der Waals surface area contributed by atoms with E-state index < -0.39 is 0 Å². The van der Waals surface area contributed by atoms with Crippen LogP contribution in [0.25, 0.3) is 0 Å². The quantitative estimate of drug-likeness (QED) is 0.876. The van der Waals surface area contributed by atoms with E-state index in [0.29, 0.717) is 13.0 Å². The van der Waals surface area contributed by atoms with Crippen molar-refractivity contribution in [2.24, 2.45) is 7.05 Å². The zero-order valence-electron chi connectivity index (χ0n) is 11.5. The Morgan fingerprint density at radius 1 is 1.26 bits per heavy atom. The number of nitrogens with one attached hydrogen (secondary N) is 1. The molecule has 100 valence electrons. The van der Waals surface area contributed by atoms with Crippen LogP contribution < -0.4 is 5.32 Å². The first-order valence-corrected chi connectivity index (χ1v) is 6.56. The maximum atomic E-state index is 11.8. The van der Waals surface area contributed by atoms with Gasteiger partial charge in [-0.05, 0) is 30.5 Å². The number of amides is 1. The van der Waals surface area contributed by atoms with Crippen molar-refractivity contribution in [1.82, 2.24) is 9.88 Å². The van der Waals surface area contributed by atoms with Crippen molar-refractivity contribution in [3.63, 3.8) is 0 Å². The first kappa shape index (κ1) is 13.4. The summed E-state index contributed by atoms with van der Waals surface area (Å²) in [5, 5.41) is 2.94. The molecular formula is C16H20N2O. The molecule has 1 aromatic heterocycles. The molecule has 0 unspecified atom stereocenters. The first-order valence-electron chi connectivity index (χ1n) is 6.56. The van der Waals surface area contributed by atoms with E-state index in [9.17, 15) is 4.79 Å². The van der Waals surface area contributed by atoms with Crippen molar-refractivity contribution in [1.29, 1.82) is 0 Å². The Morgan fingerprint density at radius 2 is 2.11 bits per heavy atom. The molecule has 0 bridgehead atoms. The summed E-state index contributed by atoms with van der Waals surface area (Å²) in [5.41, 5.74) is 3.59. The van der Waals surface area contributed by atoms with Crippen molar-refractivity contribution in [3.8, 4) is 0 Å². The van der Waals surface area contributed by atoms with Gasteiger partial charge in [0.25, 0.3) is 0 Å². The molecule has 3 heteroatoms. The van der Waals surface area contributed by atoms with Gasteiger partial charge in [0, 0.05) is 32.4 Å². The second-order valence-electron chi connectivity index (χ2n) is 4.95. The van der Waals surface area contributed by atoms with Gasteiger partial charge in [-0.2, -0.15) is 0 Å². The van der Waals surface area contributed by atoms with Gasteiger partial charge in [0.2, 0.25) is 5.91 Å². The van der Waals surface area contributed by atoms with Gasteiger partial charge in [-0.1, -0.05) is 29.8 Å². The topological polar surface area (TPSA) is 34.0 Å². The molecule has 0 aliphatic rings. The molecule has 0 saturated carbocycles. The van der Waals surface area contributed by atoms with E-state index >= 15 is 0 Å². The van der Waals surface area contributed by atoms with Gasteiger partial charge in [0.15, 0.2) is 0 Å². The Kier molecular flexibility index (Phi) is 4.39. The average Bonchev–Trinajstić information content (AvgIpc) is 2.80. The minimum atomic E-state index is 0.102. The molecule has 0 fully saturated rings. The maximum Gasteiger partial charge on any atom is 0.220 e. The summed E-state index contributed by atoms with van der Waals surface area (Å²) >= 11 is 0. The molecule has 19 heavy (non-hydrogen) atoms. The molecule has 0 atom stereocenters. The monoisotopic (exact) mass is 256 g/mol. The molecular weight excluding hydrogens is 236 g/mol. The lowest BCUT2D eigenvalue weighted by Crippen LogP contribution is -2.22. The summed E-state index contributed by atoms with van der Waals surface area (Å²) in [6.07, 6.45) is 5.33. The van der Waals surface area contributed by atoms with Crippen LogP contribution in [0.1, 0.15) is 23.1 Å². The Morgan fingerprint density at radius 3 is 2.79 bits per heavy atom. The minimum absolute atomic E-state index is 0.102. The average molecular weight is 256 g/mol. The molecule has 1 heterocycles. The molecule has 0 saturated heterocycles. The van der Waals surface area contributed by atoms with E-state index in [1.807, 2.05) is 36.1 Å². The van der Waals surface area contributed by atoms with Gasteiger partial charge in [-0.3, -0.25) is 4.79 Å². The van der Waals surface area contributed by atoms with Crippen LogP contribution in [0.15, 0.2) is 42.7 Å². The van der Waals surface area contributed by atoms with Crippen molar-refractivity contribution in [2.75, 3.05) is 0 Å². The fourth-order valence-electron chi connectivity index (χ4n) is 2.08. The number of hydrogen-bond donors (Lipinski definition) is 1. The van der Waals surface area contributed by atoms with Crippen molar-refractivity contribution in [2.45, 2.75) is 26.3 Å². The van der Waals surface area contributed by atoms with Crippen LogP contribution in [-0.2, 0) is 24.8 Å². The van der Waals surface area contributed by atoms with Gasteiger partial charge in [0.05, 0.1) is 0 Å². The van der Waals surface area contributed by atoms with Gasteiger partial charge < -0.3 is 9.88 Å². The molecule has 0 aliphatic carbocycles. The normalized spacial score (nSPS) is 10.4. The standard InChI is InChI=1S/C16H20N2O/c1-13-4-3-5-14(10-13)6-7-16(19)17-11-15-8-9-18(2)12-15/h3-5,8-10,12H,6-7,11H2,1-2H3,(H,17,19). The van der Waals surface area contributed by atoms with Crippen LogP contribution in [-0.4, -0.2) is 10.5 Å². The SMILES string of the molecule is Cc1cccc(CCC(=O)NCc2ccn(C)c2)c1. The van der Waals surface area contributed by atoms with E-state index in [0.717, 1.165) is 12.0 Å². The van der Waals surface area contributed by atoms with Crippen LogP contribution in [0, 0.1) is 6.92 Å². The minimum Gasteiger partial charge on any atom is -0.357 e. The number of carbonyl (C=O) groups excluding carboxylic acids is 1. The second-order valence-corrected chi connectivity index (χ2v) is 4.95. The lowest BCUT2D eigenvalue weighted by molar-refractivity contribution is -0.121. The summed E-state index contributed by atoms with van der Waals surface area (Å²) < 4.78 is 1.98. The molecule has 0 radical (unpaired) electrons. The molecule has 1 amide bonds. The molecule has 2 aromatic rings. The van der Waals surface area contributed by atoms with Crippen LogP contribution in [0.5, 0.6) is 0 Å². The van der Waals surface area contributed by atoms with Crippen molar-refractivity contribution >= 4 is 5.91 Å². The highest BCUT2D eigenvalue weighted by Gasteiger charge is 2.03. The van der Waals surface area contributed by atoms with E-state index in [2.05, 4.69) is 30.4 Å². The molecule has 1 N–H and O–H groups in total. The predicted octanol–water partition coefficient (Wildman–Crippen LogP) is 2.58. The maximum absolute atomic E-state index is 11.8. The molecule has 3 nitrogen and oxygen atoms in total. The van der Waals surface area contributed by atoms with Gasteiger partial charge in [-0.15, -0.1) is 0 Å². The van der Waals surface area contributed by atoms with Gasteiger partial charge in [-0.25, -0.2) is 0 Å². The van der Waals surface area contributed by atoms with Gasteiger partial charge in [0.1, 0.15) is 0 Å². The van der Waals surface area contributed by atoms with Crippen LogP contribution in [0.4, 0.5) is 0 Å². The number of aromatic nitrogens is 1. The Bertz CT molecular complexity index is 557. The third-order valence-electron chi connectivity index (χ3n) is 3.11. The fourth-order valence-corrected chi connectivity index (χ4v) is 2.08. The van der Waals surface area contributed by atoms with E-state index in [1.54, 1.807) is 0 Å². The zero-order chi connectivity index (χ0) is 13.7. The lowest BCUT2D eigenvalue weighted by atomic mass is 10.1. The number of carbonyl (C=O) groups is 1. The summed E-state index contributed by atoms with van der Waals surface area (Å²) in [5.74, 6) is 0.102. The highest BCUT2D eigenvalue weighted by Crippen LogP contribution is 2.06. The van der Waals surface area contributed by atoms with Crippen LogP contribution >= 0.6 is 0 Å². The van der Waals surface area contributed by atoms with E-state index in [1.165, 1.54) is 11.1 Å². The Labute approximate surface area is 114 Å². The molecule has 1 aromatic carbocycles. The smallest absolute Gasteiger partial charge is 0.220 e. The lowest BCUT2D eigenvalue weighted by Gasteiger charge is -2.05. The number of nitrogens with zero attached hydrogens (tertiary/aromatic N) is 1. The highest BCUT2D eigenvalue weighted by atomic mass is 16.1. The largest absolute Gasteiger partial charge is 0.357 e. The zero-order valence-corrected chi connectivity index (χ0v) is 11.5.